The van der Waals surface area contributed by atoms with Crippen molar-refractivity contribution in [2.75, 3.05) is 73.1 Å². The van der Waals surface area contributed by atoms with Gasteiger partial charge in [0, 0.05) is 74.9 Å². The van der Waals surface area contributed by atoms with Crippen molar-refractivity contribution in [3.8, 4) is 0 Å². The summed E-state index contributed by atoms with van der Waals surface area (Å²) in [6.45, 7) is 10.5. The van der Waals surface area contributed by atoms with Crippen LogP contribution in [0.5, 0.6) is 0 Å². The molecule has 0 aliphatic heterocycles. The van der Waals surface area contributed by atoms with Crippen molar-refractivity contribution in [2.24, 2.45) is 5.14 Å². The Bertz CT molecular complexity index is 5130. The van der Waals surface area contributed by atoms with Crippen LogP contribution in [0.4, 0.5) is 105 Å². The van der Waals surface area contributed by atoms with Crippen molar-refractivity contribution in [3.63, 3.8) is 0 Å². The first-order valence-corrected chi connectivity index (χ1v) is 41.4. The quantitative estimate of drug-likeness (QED) is 0.0169. The standard InChI is InChI=1S/C27H24F3N6OP.C21H18F6N3OPS.C21H23F3N5O3PS/c1-38(2,37)22-11-8-20(9-12-22)34-26-31-16-23(27(28,29)30)25(35-26)33-21-10-13-24-19(14-21)15-32-36(24)17-18-6-4-3-5-7-18;1-32(2,31)16-8-6-15(7-9-16)29-19-28-11-17(21(25,26)27)18(30-19)33-12-13-4-3-5-14(10-13)20(22,23)24;1-33(2,30)16-7-5-15(6-8-16)28-20-27-13-18(21(22,23)24)19(29-20)26-12-11-14-3-9-17(10-4-14)34(25,31)32/h3-16H,17H2,1-2H3,(H2,31,33,34,35);3-11H,12H2,1-2H3,(H,28,29,30);3-10,13H,11-12H2,1-2H3,(H2,25,31,32)(H2,26,27,28,29). The lowest BCUT2D eigenvalue weighted by molar-refractivity contribution is -0.140. The lowest BCUT2D eigenvalue weighted by Gasteiger charge is -2.15. The minimum atomic E-state index is -4.74. The summed E-state index contributed by atoms with van der Waals surface area (Å²) < 4.78 is 221. The number of benzene rings is 7. The molecular formula is C69H65F12N14O5P3S2. The van der Waals surface area contributed by atoms with E-state index in [1.807, 2.05) is 41.1 Å². The number of nitrogens with one attached hydrogen (secondary N) is 5. The highest BCUT2D eigenvalue weighted by Gasteiger charge is 2.38. The number of sulfonamides is 1. The molecule has 7 aromatic carbocycles. The molecule has 0 bridgehead atoms. The van der Waals surface area contributed by atoms with E-state index in [1.165, 1.54) is 36.4 Å². The van der Waals surface area contributed by atoms with E-state index in [-0.39, 0.29) is 46.4 Å². The largest absolute Gasteiger partial charge is 0.421 e. The lowest BCUT2D eigenvalue weighted by Crippen LogP contribution is -2.16. The second-order valence-corrected chi connectivity index (χ2v) is 36.6. The van der Waals surface area contributed by atoms with Crippen molar-refractivity contribution >= 4 is 122 Å². The van der Waals surface area contributed by atoms with E-state index < -0.39 is 89.3 Å². The van der Waals surface area contributed by atoms with Gasteiger partial charge in [-0.25, -0.2) is 33.5 Å². The molecule has 0 radical (unpaired) electrons. The summed E-state index contributed by atoms with van der Waals surface area (Å²) in [6, 6.07) is 45.1. The van der Waals surface area contributed by atoms with Gasteiger partial charge in [0.05, 0.1) is 28.7 Å². The Balaban J connectivity index is 0.000000183. The molecule has 11 aromatic rings. The molecule has 105 heavy (non-hydrogen) atoms. The van der Waals surface area contributed by atoms with Gasteiger partial charge in [-0.05, 0) is 172 Å². The maximum Gasteiger partial charge on any atom is 0.421 e. The molecule has 0 amide bonds. The summed E-state index contributed by atoms with van der Waals surface area (Å²) in [4.78, 5) is 23.3. The molecule has 0 aliphatic carbocycles. The van der Waals surface area contributed by atoms with Gasteiger partial charge in [0.25, 0.3) is 0 Å². The van der Waals surface area contributed by atoms with Crippen LogP contribution in [0.1, 0.15) is 38.9 Å². The molecule has 0 saturated heterocycles. The summed E-state index contributed by atoms with van der Waals surface area (Å²) >= 11 is 0.662. The van der Waals surface area contributed by atoms with Crippen LogP contribution in [0.2, 0.25) is 0 Å². The fourth-order valence-corrected chi connectivity index (χ4v) is 13.8. The first-order valence-electron chi connectivity index (χ1n) is 31.0. The number of halogens is 12. The van der Waals surface area contributed by atoms with Gasteiger partial charge in [-0.1, -0.05) is 60.7 Å². The van der Waals surface area contributed by atoms with E-state index in [9.17, 15) is 74.8 Å². The monoisotopic (exact) mass is 1550 g/mol. The van der Waals surface area contributed by atoms with Gasteiger partial charge in [0.1, 0.15) is 54.8 Å². The Morgan fingerprint density at radius 2 is 0.905 bits per heavy atom. The molecular weight excluding hydrogens is 1490 g/mol. The number of primary sulfonamides is 1. The Morgan fingerprint density at radius 3 is 1.37 bits per heavy atom. The van der Waals surface area contributed by atoms with E-state index in [0.29, 0.717) is 81.3 Å². The maximum atomic E-state index is 13.7. The number of nitrogens with two attached hydrogens (primary N) is 1. The van der Waals surface area contributed by atoms with Crippen molar-refractivity contribution in [1.29, 1.82) is 0 Å². The normalized spacial score (nSPS) is 12.3. The minimum Gasteiger partial charge on any atom is -0.369 e. The SMILES string of the molecule is CP(C)(=O)c1ccc(Nc2ncc(C(F)(F)F)c(NCCc3ccc(S(N)(=O)=O)cc3)n2)cc1.CP(C)(=O)c1ccc(Nc2ncc(C(F)(F)F)c(Nc3ccc4c(cnn4Cc4ccccc4)c3)n2)cc1.CP(C)(=O)c1ccc(Nc2ncc(C(F)(F)F)c(SCc3cccc(C(F)(F)F)c3)n2)cc1. The summed E-state index contributed by atoms with van der Waals surface area (Å²) in [5.74, 6) is -1.10. The zero-order valence-corrected chi connectivity index (χ0v) is 60.5. The predicted octanol–water partition coefficient (Wildman–Crippen LogP) is 17.2. The van der Waals surface area contributed by atoms with Crippen LogP contribution >= 0.6 is 33.2 Å². The van der Waals surface area contributed by atoms with Crippen LogP contribution in [0.25, 0.3) is 10.9 Å². The van der Waals surface area contributed by atoms with Crippen molar-refractivity contribution in [3.05, 3.63) is 234 Å². The fraction of sp³-hybridized carbons (Fsp3) is 0.203. The number of hydrogen-bond acceptors (Lipinski definition) is 18. The van der Waals surface area contributed by atoms with E-state index in [0.717, 1.165) is 34.8 Å². The molecule has 0 atom stereocenters. The molecule has 7 N–H and O–H groups in total. The highest BCUT2D eigenvalue weighted by atomic mass is 32.2. The Morgan fingerprint density at radius 1 is 0.457 bits per heavy atom. The number of fused-ring (bicyclic) bond motifs is 1. The van der Waals surface area contributed by atoms with Gasteiger partial charge in [-0.3, -0.25) is 4.68 Å². The Kier molecular flexibility index (Phi) is 24.5. The van der Waals surface area contributed by atoms with Crippen LogP contribution in [0.15, 0.2) is 205 Å². The van der Waals surface area contributed by atoms with Gasteiger partial charge in [0.15, 0.2) is 0 Å². The molecule has 36 heteroatoms. The average Bonchev–Trinajstić information content (AvgIpc) is 1.32. The number of alkyl halides is 12. The molecule has 0 spiro atoms. The first kappa shape index (κ1) is 79.5. The van der Waals surface area contributed by atoms with Crippen LogP contribution in [0, 0.1) is 0 Å². The average molecular weight is 1560 g/mol. The molecule has 0 fully saturated rings. The van der Waals surface area contributed by atoms with Gasteiger partial charge in [-0.2, -0.15) is 67.8 Å². The number of aromatic nitrogens is 8. The van der Waals surface area contributed by atoms with Crippen molar-refractivity contribution in [2.45, 2.75) is 53.3 Å². The molecule has 4 heterocycles. The number of rotatable bonds is 21. The molecule has 11 rings (SSSR count). The highest BCUT2D eigenvalue weighted by Crippen LogP contribution is 2.42. The highest BCUT2D eigenvalue weighted by molar-refractivity contribution is 7.98. The van der Waals surface area contributed by atoms with E-state index in [1.54, 1.807) is 131 Å². The summed E-state index contributed by atoms with van der Waals surface area (Å²) in [7, 11) is -11.1. The maximum absolute atomic E-state index is 13.7. The zero-order valence-electron chi connectivity index (χ0n) is 56.2. The number of hydrogen-bond donors (Lipinski definition) is 6. The summed E-state index contributed by atoms with van der Waals surface area (Å²) in [6.07, 6.45) is -14.6. The fourth-order valence-electron chi connectivity index (χ4n) is 9.70. The van der Waals surface area contributed by atoms with E-state index >= 15 is 0 Å². The Labute approximate surface area is 599 Å². The third-order valence-electron chi connectivity index (χ3n) is 15.2. The second kappa shape index (κ2) is 32.4. The van der Waals surface area contributed by atoms with Crippen molar-refractivity contribution < 1.29 is 74.8 Å². The van der Waals surface area contributed by atoms with Gasteiger partial charge < -0.3 is 40.3 Å². The van der Waals surface area contributed by atoms with E-state index in [4.69, 9.17) is 5.14 Å². The van der Waals surface area contributed by atoms with Crippen LogP contribution in [-0.4, -0.2) is 94.6 Å². The molecule has 4 aromatic heterocycles. The molecule has 19 nitrogen and oxygen atoms in total. The smallest absolute Gasteiger partial charge is 0.369 e. The zero-order chi connectivity index (χ0) is 76.5. The number of anilines is 9. The third kappa shape index (κ3) is 22.7. The third-order valence-corrected chi connectivity index (χ3v) is 21.8. The minimum absolute atomic E-state index is 0.0128. The Hall–Kier alpha value is -9.64. The number of nitrogens with zero attached hydrogens (tertiary/aromatic N) is 8. The van der Waals surface area contributed by atoms with Crippen LogP contribution < -0.4 is 47.6 Å². The van der Waals surface area contributed by atoms with Gasteiger partial charge in [0.2, 0.25) is 27.9 Å². The van der Waals surface area contributed by atoms with Crippen LogP contribution in [0.3, 0.4) is 0 Å². The topological polar surface area (TPSA) is 267 Å². The van der Waals surface area contributed by atoms with Crippen molar-refractivity contribution in [1.82, 2.24) is 39.7 Å². The summed E-state index contributed by atoms with van der Waals surface area (Å²) in [5, 5.41) is 25.9. The molecule has 0 saturated carbocycles. The van der Waals surface area contributed by atoms with Gasteiger partial charge >= 0.3 is 24.7 Å². The molecule has 0 aliphatic rings. The summed E-state index contributed by atoms with van der Waals surface area (Å²) in [5.41, 5.74) is 0.854. The first-order chi connectivity index (χ1) is 49.0. The molecule has 0 unspecified atom stereocenters. The number of thioether (sulfide) groups is 1. The predicted molar refractivity (Wildman–Crippen MR) is 387 cm³/mol. The second-order valence-electron chi connectivity index (χ2n) is 24.4. The van der Waals surface area contributed by atoms with E-state index in [2.05, 4.69) is 61.6 Å². The molecule has 552 valence electrons. The lowest BCUT2D eigenvalue weighted by atomic mass is 10.1. The van der Waals surface area contributed by atoms with Gasteiger partial charge in [-0.15, -0.1) is 11.8 Å². The van der Waals surface area contributed by atoms with Crippen LogP contribution in [-0.2, 0) is 67.1 Å².